The number of aromatic nitrogens is 2. The largest absolute Gasteiger partial charge is 0.444 e. The number of thiophene rings is 1. The van der Waals surface area contributed by atoms with Crippen LogP contribution in [0.1, 0.15) is 93.7 Å². The van der Waals surface area contributed by atoms with Crippen molar-refractivity contribution in [2.45, 2.75) is 91.1 Å². The Bertz CT molecular complexity index is 1050. The molecule has 1 aliphatic heterocycles. The van der Waals surface area contributed by atoms with Crippen molar-refractivity contribution < 1.29 is 14.3 Å². The first-order valence-corrected chi connectivity index (χ1v) is 14.6. The van der Waals surface area contributed by atoms with Crippen LogP contribution in [-0.4, -0.2) is 45.4 Å². The van der Waals surface area contributed by atoms with E-state index in [9.17, 15) is 9.59 Å². The zero-order valence-corrected chi connectivity index (χ0v) is 23.8. The summed E-state index contributed by atoms with van der Waals surface area (Å²) in [6.07, 6.45) is 6.37. The first-order valence-electron chi connectivity index (χ1n) is 13.4. The van der Waals surface area contributed by atoms with Crippen molar-refractivity contribution >= 4 is 34.9 Å². The number of rotatable bonds is 5. The van der Waals surface area contributed by atoms with Crippen LogP contribution in [0.5, 0.6) is 0 Å². The number of ether oxygens (including phenoxy) is 1. The molecule has 0 aromatic carbocycles. The zero-order chi connectivity index (χ0) is 26.0. The second-order valence-corrected chi connectivity index (χ2v) is 13.5. The molecule has 1 aliphatic carbocycles. The van der Waals surface area contributed by atoms with Gasteiger partial charge in [-0.05, 0) is 89.3 Å². The Hall–Kier alpha value is -1.86. The fraction of sp³-hybridized carbons (Fsp3) is 0.679. The van der Waals surface area contributed by atoms with Gasteiger partial charge in [0.05, 0.1) is 10.0 Å². The maximum Gasteiger partial charge on any atom is 0.410 e. The van der Waals surface area contributed by atoms with Crippen molar-refractivity contribution in [1.82, 2.24) is 14.7 Å². The summed E-state index contributed by atoms with van der Waals surface area (Å²) in [5.74, 6) is 1.13. The first-order chi connectivity index (χ1) is 17.0. The molecule has 4 rings (SSSR count). The summed E-state index contributed by atoms with van der Waals surface area (Å²) in [7, 11) is 0. The van der Waals surface area contributed by atoms with E-state index >= 15 is 0 Å². The molecule has 3 heterocycles. The number of likely N-dealkylation sites (tertiary alicyclic amines) is 1. The Morgan fingerprint density at radius 2 is 1.75 bits per heavy atom. The van der Waals surface area contributed by atoms with E-state index in [1.54, 1.807) is 20.9 Å². The molecule has 1 saturated carbocycles. The van der Waals surface area contributed by atoms with Crippen LogP contribution in [0.15, 0.2) is 18.2 Å². The van der Waals surface area contributed by atoms with E-state index in [-0.39, 0.29) is 23.8 Å². The van der Waals surface area contributed by atoms with Gasteiger partial charge >= 0.3 is 6.09 Å². The van der Waals surface area contributed by atoms with Gasteiger partial charge in [-0.3, -0.25) is 4.79 Å². The van der Waals surface area contributed by atoms with Crippen LogP contribution in [0.2, 0.25) is 4.34 Å². The smallest absolute Gasteiger partial charge is 0.410 e. The summed E-state index contributed by atoms with van der Waals surface area (Å²) < 4.78 is 8.07. The molecule has 0 spiro atoms. The lowest BCUT2D eigenvalue weighted by molar-refractivity contribution is 0.0204. The summed E-state index contributed by atoms with van der Waals surface area (Å²) in [6.45, 7) is 11.4. The van der Waals surface area contributed by atoms with E-state index in [1.807, 2.05) is 26.8 Å². The van der Waals surface area contributed by atoms with Crippen LogP contribution >= 0.6 is 22.9 Å². The predicted octanol–water partition coefficient (Wildman–Crippen LogP) is 7.21. The number of hydrogen-bond acceptors (Lipinski definition) is 5. The monoisotopic (exact) mass is 533 g/mol. The van der Waals surface area contributed by atoms with E-state index in [1.165, 1.54) is 11.3 Å². The summed E-state index contributed by atoms with van der Waals surface area (Å²) in [6, 6.07) is 6.13. The first kappa shape index (κ1) is 27.2. The number of piperidine rings is 1. The van der Waals surface area contributed by atoms with Crippen molar-refractivity contribution in [3.8, 4) is 0 Å². The molecule has 2 aliphatic rings. The third-order valence-corrected chi connectivity index (χ3v) is 8.95. The molecule has 0 bridgehead atoms. The summed E-state index contributed by atoms with van der Waals surface area (Å²) in [5.41, 5.74) is 1.46. The summed E-state index contributed by atoms with van der Waals surface area (Å²) in [5, 5.41) is 4.93. The molecule has 198 valence electrons. The Morgan fingerprint density at radius 3 is 2.33 bits per heavy atom. The molecule has 1 amide bonds. The normalized spacial score (nSPS) is 23.6. The summed E-state index contributed by atoms with van der Waals surface area (Å²) >= 11 is 7.74. The molecular weight excluding hydrogens is 494 g/mol. The number of carbonyl (C=O) groups is 2. The molecule has 0 N–H and O–H groups in total. The van der Waals surface area contributed by atoms with E-state index < -0.39 is 5.60 Å². The molecule has 6 nitrogen and oxygen atoms in total. The molecule has 0 radical (unpaired) electrons. The van der Waals surface area contributed by atoms with Gasteiger partial charge in [0, 0.05) is 35.5 Å². The average Bonchev–Trinajstić information content (AvgIpc) is 3.42. The van der Waals surface area contributed by atoms with Gasteiger partial charge in [0.25, 0.3) is 5.91 Å². The van der Waals surface area contributed by atoms with Crippen LogP contribution in [0.3, 0.4) is 0 Å². The van der Waals surface area contributed by atoms with Crippen LogP contribution < -0.4 is 0 Å². The van der Waals surface area contributed by atoms with Crippen molar-refractivity contribution in [3.63, 3.8) is 0 Å². The molecule has 1 saturated heterocycles. The Balaban J connectivity index is 1.52. The van der Waals surface area contributed by atoms with Crippen LogP contribution in [0.4, 0.5) is 4.79 Å². The maximum absolute atomic E-state index is 13.8. The lowest BCUT2D eigenvalue weighted by Gasteiger charge is -2.33. The average molecular weight is 534 g/mol. The number of halogens is 1. The van der Waals surface area contributed by atoms with E-state index in [4.69, 9.17) is 21.4 Å². The van der Waals surface area contributed by atoms with Gasteiger partial charge in [-0.25, -0.2) is 9.48 Å². The highest BCUT2D eigenvalue weighted by Crippen LogP contribution is 2.36. The van der Waals surface area contributed by atoms with E-state index in [0.29, 0.717) is 24.9 Å². The quantitative estimate of drug-likeness (QED) is 0.407. The number of nitrogens with zero attached hydrogens (tertiary/aromatic N) is 3. The predicted molar refractivity (Wildman–Crippen MR) is 145 cm³/mol. The van der Waals surface area contributed by atoms with Gasteiger partial charge in [-0.2, -0.15) is 5.10 Å². The zero-order valence-electron chi connectivity index (χ0n) is 22.3. The Labute approximate surface area is 224 Å². The third-order valence-electron chi connectivity index (χ3n) is 7.66. The summed E-state index contributed by atoms with van der Waals surface area (Å²) in [4.78, 5) is 29.3. The van der Waals surface area contributed by atoms with E-state index in [0.717, 1.165) is 54.2 Å². The third kappa shape index (κ3) is 6.52. The second-order valence-electron chi connectivity index (χ2n) is 11.7. The SMILES string of the molecule is CC1CCCC(C)C1C(=O)n1nc(C2CCN(C(=O)OC(C)(C)C)CC2)cc1CCc1ccc(Cl)s1. The van der Waals surface area contributed by atoms with Crippen LogP contribution in [0, 0.1) is 17.8 Å². The minimum absolute atomic E-state index is 0.00967. The molecule has 2 aromatic rings. The maximum atomic E-state index is 13.8. The van der Waals surface area contributed by atoms with Gasteiger partial charge in [0.15, 0.2) is 0 Å². The van der Waals surface area contributed by atoms with Crippen molar-refractivity contribution in [2.24, 2.45) is 17.8 Å². The van der Waals surface area contributed by atoms with Gasteiger partial charge in [0.2, 0.25) is 0 Å². The number of carbonyl (C=O) groups excluding carboxylic acids is 2. The fourth-order valence-corrected chi connectivity index (χ4v) is 6.83. The van der Waals surface area contributed by atoms with Crippen molar-refractivity contribution in [1.29, 1.82) is 0 Å². The molecule has 2 atom stereocenters. The minimum Gasteiger partial charge on any atom is -0.444 e. The number of hydrogen-bond donors (Lipinski definition) is 0. The Morgan fingerprint density at radius 1 is 1.08 bits per heavy atom. The lowest BCUT2D eigenvalue weighted by atomic mass is 9.73. The lowest BCUT2D eigenvalue weighted by Crippen LogP contribution is -2.41. The topological polar surface area (TPSA) is 64.4 Å². The number of amides is 1. The van der Waals surface area contributed by atoms with E-state index in [2.05, 4.69) is 26.0 Å². The number of aryl methyl sites for hydroxylation is 2. The highest BCUT2D eigenvalue weighted by atomic mass is 35.5. The van der Waals surface area contributed by atoms with Gasteiger partial charge in [-0.1, -0.05) is 31.9 Å². The molecule has 36 heavy (non-hydrogen) atoms. The molecular formula is C28H40ClN3O3S. The molecule has 2 aromatic heterocycles. The molecule has 8 heteroatoms. The van der Waals surface area contributed by atoms with Gasteiger partial charge in [0.1, 0.15) is 5.60 Å². The van der Waals surface area contributed by atoms with Gasteiger partial charge < -0.3 is 9.64 Å². The highest BCUT2D eigenvalue weighted by Gasteiger charge is 2.36. The molecule has 2 fully saturated rings. The minimum atomic E-state index is -0.498. The standard InChI is InChI=1S/C28H40ClN3O3S/c1-18-7-6-8-19(2)25(18)26(33)32-21(9-10-22-11-12-24(29)36-22)17-23(30-32)20-13-15-31(16-14-20)27(34)35-28(3,4)5/h11-12,17-20,25H,6-10,13-16H2,1-5H3. The van der Waals surface area contributed by atoms with Crippen molar-refractivity contribution in [3.05, 3.63) is 38.8 Å². The van der Waals surface area contributed by atoms with Crippen molar-refractivity contribution in [2.75, 3.05) is 13.1 Å². The fourth-order valence-electron chi connectivity index (χ4n) is 5.74. The molecule has 2 unspecified atom stereocenters. The Kier molecular flexibility index (Phi) is 8.50. The highest BCUT2D eigenvalue weighted by molar-refractivity contribution is 7.16. The van der Waals surface area contributed by atoms with Gasteiger partial charge in [-0.15, -0.1) is 11.3 Å². The second kappa shape index (κ2) is 11.3. The van der Waals surface area contributed by atoms with Crippen LogP contribution in [-0.2, 0) is 17.6 Å². The van der Waals surface area contributed by atoms with Crippen LogP contribution in [0.25, 0.3) is 0 Å².